The zero-order valence-corrected chi connectivity index (χ0v) is 14.5. The fourth-order valence-electron chi connectivity index (χ4n) is 3.65. The van der Waals surface area contributed by atoms with Gasteiger partial charge in [0.15, 0.2) is 0 Å². The molecule has 4 rings (SSSR count). The van der Waals surface area contributed by atoms with E-state index in [2.05, 4.69) is 26.3 Å². The fraction of sp³-hybridized carbons (Fsp3) is 0.400. The van der Waals surface area contributed by atoms with Gasteiger partial charge in [-0.3, -0.25) is 0 Å². The van der Waals surface area contributed by atoms with Crippen molar-refractivity contribution in [3.8, 4) is 0 Å². The second kappa shape index (κ2) is 6.82. The van der Waals surface area contributed by atoms with E-state index in [1.165, 1.54) is 19.3 Å². The average Bonchev–Trinajstić information content (AvgIpc) is 3.00. The molecule has 0 atom stereocenters. The third-order valence-electron chi connectivity index (χ3n) is 5.02. The molecule has 3 heterocycles. The maximum atomic E-state index is 14.5. The lowest BCUT2D eigenvalue weighted by Crippen LogP contribution is -2.23. The number of aromatic amines is 1. The molecule has 3 aromatic heterocycles. The molecule has 1 aliphatic carbocycles. The third kappa shape index (κ3) is 3.50. The predicted molar refractivity (Wildman–Crippen MR) is 98.3 cm³/mol. The van der Waals surface area contributed by atoms with Gasteiger partial charge in [-0.05, 0) is 43.0 Å². The summed E-state index contributed by atoms with van der Waals surface area (Å²) in [5.41, 5.74) is 3.58. The molecule has 3 aromatic rings. The molecular formula is C20H23FN4. The Labute approximate surface area is 146 Å². The molecule has 0 spiro atoms. The molecular weight excluding hydrogens is 315 g/mol. The summed E-state index contributed by atoms with van der Waals surface area (Å²) in [6, 6.07) is 6.24. The Morgan fingerprint density at radius 2 is 2.04 bits per heavy atom. The molecule has 5 heteroatoms. The van der Waals surface area contributed by atoms with Crippen LogP contribution in [0.4, 0.5) is 10.2 Å². The number of hydrogen-bond acceptors (Lipinski definition) is 3. The molecule has 2 N–H and O–H groups in total. The molecule has 0 aromatic carbocycles. The van der Waals surface area contributed by atoms with Crippen molar-refractivity contribution in [2.24, 2.45) is 0 Å². The summed E-state index contributed by atoms with van der Waals surface area (Å²) in [6.45, 7) is 2.01. The van der Waals surface area contributed by atoms with Crippen LogP contribution in [0.25, 0.3) is 11.0 Å². The van der Waals surface area contributed by atoms with E-state index >= 15 is 0 Å². The van der Waals surface area contributed by atoms with E-state index in [1.54, 1.807) is 0 Å². The summed E-state index contributed by atoms with van der Waals surface area (Å²) in [5.74, 6) is 0.250. The van der Waals surface area contributed by atoms with E-state index in [9.17, 15) is 4.39 Å². The van der Waals surface area contributed by atoms with Gasteiger partial charge < -0.3 is 10.3 Å². The number of rotatable bonds is 4. The van der Waals surface area contributed by atoms with Crippen molar-refractivity contribution in [3.63, 3.8) is 0 Å². The number of hydrogen-bond donors (Lipinski definition) is 2. The molecule has 1 saturated carbocycles. The highest BCUT2D eigenvalue weighted by Gasteiger charge is 2.15. The molecule has 0 bridgehead atoms. The summed E-state index contributed by atoms with van der Waals surface area (Å²) in [4.78, 5) is 11.7. The van der Waals surface area contributed by atoms with Gasteiger partial charge in [-0.2, -0.15) is 4.39 Å². The standard InChI is InChI=1S/C20H23FN4/c1-13-9-17-15(12-23-20(17)22-11-13)10-14-7-8-18(25-19(14)21)24-16-5-3-2-4-6-16/h7-9,11-12,16H,2-6,10H2,1H3,(H,22,23)(H,24,25). The van der Waals surface area contributed by atoms with Gasteiger partial charge in [0.2, 0.25) is 5.95 Å². The maximum Gasteiger partial charge on any atom is 0.218 e. The number of halogens is 1. The number of aromatic nitrogens is 3. The SMILES string of the molecule is Cc1cnc2[nH]cc(Cc3ccc(NC4CCCCC4)nc3F)c2c1. The first kappa shape index (κ1) is 16.1. The van der Waals surface area contributed by atoms with Crippen molar-refractivity contribution in [1.82, 2.24) is 15.0 Å². The van der Waals surface area contributed by atoms with E-state index in [0.29, 0.717) is 23.8 Å². The Bertz CT molecular complexity index is 881. The first-order chi connectivity index (χ1) is 12.2. The van der Waals surface area contributed by atoms with Crippen molar-refractivity contribution in [2.75, 3.05) is 5.32 Å². The van der Waals surface area contributed by atoms with Crippen LogP contribution in [0.3, 0.4) is 0 Å². The first-order valence-electron chi connectivity index (χ1n) is 9.03. The summed E-state index contributed by atoms with van der Waals surface area (Å²) >= 11 is 0. The minimum Gasteiger partial charge on any atom is -0.367 e. The lowest BCUT2D eigenvalue weighted by molar-refractivity contribution is 0.460. The largest absolute Gasteiger partial charge is 0.367 e. The third-order valence-corrected chi connectivity index (χ3v) is 5.02. The Kier molecular flexibility index (Phi) is 4.38. The van der Waals surface area contributed by atoms with Crippen molar-refractivity contribution in [1.29, 1.82) is 0 Å². The van der Waals surface area contributed by atoms with Crippen LogP contribution in [0.5, 0.6) is 0 Å². The highest BCUT2D eigenvalue weighted by molar-refractivity contribution is 5.80. The van der Waals surface area contributed by atoms with Gasteiger partial charge >= 0.3 is 0 Å². The fourth-order valence-corrected chi connectivity index (χ4v) is 3.65. The maximum absolute atomic E-state index is 14.5. The second-order valence-electron chi connectivity index (χ2n) is 7.03. The quantitative estimate of drug-likeness (QED) is 0.676. The van der Waals surface area contributed by atoms with Gasteiger partial charge in [0.25, 0.3) is 0 Å². The van der Waals surface area contributed by atoms with Crippen LogP contribution < -0.4 is 5.32 Å². The van der Waals surface area contributed by atoms with E-state index < -0.39 is 5.95 Å². The van der Waals surface area contributed by atoms with Gasteiger partial charge in [-0.25, -0.2) is 9.97 Å². The van der Waals surface area contributed by atoms with Gasteiger partial charge in [0, 0.05) is 35.8 Å². The highest BCUT2D eigenvalue weighted by Crippen LogP contribution is 2.24. The molecule has 4 nitrogen and oxygen atoms in total. The molecule has 0 unspecified atom stereocenters. The normalized spacial score (nSPS) is 15.6. The molecule has 0 aliphatic heterocycles. The molecule has 0 amide bonds. The highest BCUT2D eigenvalue weighted by atomic mass is 19.1. The van der Waals surface area contributed by atoms with Crippen LogP contribution >= 0.6 is 0 Å². The van der Waals surface area contributed by atoms with E-state index in [4.69, 9.17) is 0 Å². The molecule has 1 fully saturated rings. The number of nitrogens with one attached hydrogen (secondary N) is 2. The molecule has 1 aliphatic rings. The lowest BCUT2D eigenvalue weighted by Gasteiger charge is -2.23. The second-order valence-corrected chi connectivity index (χ2v) is 7.03. The van der Waals surface area contributed by atoms with Gasteiger partial charge in [-0.15, -0.1) is 0 Å². The van der Waals surface area contributed by atoms with Crippen molar-refractivity contribution >= 4 is 16.9 Å². The number of nitrogens with zero attached hydrogens (tertiary/aromatic N) is 2. The number of H-pyrrole nitrogens is 1. The van der Waals surface area contributed by atoms with E-state index in [0.717, 1.165) is 35.0 Å². The smallest absolute Gasteiger partial charge is 0.218 e. The predicted octanol–water partition coefficient (Wildman–Crippen LogP) is 4.74. The number of pyridine rings is 2. The molecule has 0 radical (unpaired) electrons. The molecule has 25 heavy (non-hydrogen) atoms. The van der Waals surface area contributed by atoms with Crippen LogP contribution in [0.2, 0.25) is 0 Å². The Balaban J connectivity index is 1.53. The van der Waals surface area contributed by atoms with Crippen LogP contribution in [0, 0.1) is 12.9 Å². The average molecular weight is 338 g/mol. The van der Waals surface area contributed by atoms with Crippen LogP contribution in [0.1, 0.15) is 48.8 Å². The van der Waals surface area contributed by atoms with Crippen LogP contribution in [-0.2, 0) is 6.42 Å². The summed E-state index contributed by atoms with van der Waals surface area (Å²) < 4.78 is 14.5. The lowest BCUT2D eigenvalue weighted by atomic mass is 9.95. The summed E-state index contributed by atoms with van der Waals surface area (Å²) in [6.07, 6.45) is 10.3. The minimum atomic E-state index is -0.393. The zero-order chi connectivity index (χ0) is 17.2. The van der Waals surface area contributed by atoms with Gasteiger partial charge in [0.05, 0.1) is 0 Å². The van der Waals surface area contributed by atoms with Crippen molar-refractivity contribution in [2.45, 2.75) is 51.5 Å². The monoisotopic (exact) mass is 338 g/mol. The van der Waals surface area contributed by atoms with Crippen LogP contribution in [0.15, 0.2) is 30.6 Å². The zero-order valence-electron chi connectivity index (χ0n) is 14.5. The summed E-state index contributed by atoms with van der Waals surface area (Å²) in [7, 11) is 0. The topological polar surface area (TPSA) is 53.6 Å². The Morgan fingerprint density at radius 1 is 1.20 bits per heavy atom. The van der Waals surface area contributed by atoms with E-state index in [-0.39, 0.29) is 0 Å². The Morgan fingerprint density at radius 3 is 2.84 bits per heavy atom. The summed E-state index contributed by atoms with van der Waals surface area (Å²) in [5, 5.41) is 4.42. The Hall–Kier alpha value is -2.43. The molecule has 130 valence electrons. The van der Waals surface area contributed by atoms with Gasteiger partial charge in [0.1, 0.15) is 11.5 Å². The number of anilines is 1. The number of fused-ring (bicyclic) bond motifs is 1. The van der Waals surface area contributed by atoms with Crippen molar-refractivity contribution < 1.29 is 4.39 Å². The van der Waals surface area contributed by atoms with E-state index in [1.807, 2.05) is 31.5 Å². The minimum absolute atomic E-state index is 0.393. The first-order valence-corrected chi connectivity index (χ1v) is 9.03. The van der Waals surface area contributed by atoms with Crippen LogP contribution in [-0.4, -0.2) is 21.0 Å². The number of aryl methyl sites for hydroxylation is 1. The van der Waals surface area contributed by atoms with Crippen molar-refractivity contribution in [3.05, 3.63) is 53.2 Å². The van der Waals surface area contributed by atoms with Gasteiger partial charge in [-0.1, -0.05) is 25.3 Å². The molecule has 0 saturated heterocycles.